The van der Waals surface area contributed by atoms with Crippen molar-refractivity contribution in [3.63, 3.8) is 0 Å². The predicted octanol–water partition coefficient (Wildman–Crippen LogP) is 2.16. The van der Waals surface area contributed by atoms with Crippen LogP contribution in [0.25, 0.3) is 10.2 Å². The summed E-state index contributed by atoms with van der Waals surface area (Å²) in [7, 11) is 0. The topological polar surface area (TPSA) is 58.6 Å². The number of anilines is 1. The first-order valence-corrected chi connectivity index (χ1v) is 9.26. The van der Waals surface area contributed by atoms with Crippen LogP contribution in [0.2, 0.25) is 0 Å². The number of likely N-dealkylation sites (tertiary alicyclic amines) is 1. The lowest BCUT2D eigenvalue weighted by Crippen LogP contribution is -2.42. The number of carbonyl (C=O) groups excluding carboxylic acids is 1. The van der Waals surface area contributed by atoms with Crippen LogP contribution in [0, 0.1) is 5.41 Å². The maximum Gasteiger partial charge on any atom is 0.223 e. The van der Waals surface area contributed by atoms with Crippen molar-refractivity contribution in [2.24, 2.45) is 5.41 Å². The Bertz CT molecular complexity index is 762. The molecule has 7 heteroatoms. The van der Waals surface area contributed by atoms with Crippen molar-refractivity contribution in [1.29, 1.82) is 0 Å². The molecule has 2 aromatic heterocycles. The quantitative estimate of drug-likeness (QED) is 0.834. The van der Waals surface area contributed by atoms with Crippen LogP contribution in [0.1, 0.15) is 20.3 Å². The SMILES string of the molecule is CC(C)N1CC2(COCCN(c3ncnc4ccsc34)C2)CC1=O. The Morgan fingerprint density at radius 1 is 1.33 bits per heavy atom. The molecule has 0 aromatic carbocycles. The molecular weight excluding hydrogens is 324 g/mol. The Morgan fingerprint density at radius 3 is 3.00 bits per heavy atom. The van der Waals surface area contributed by atoms with E-state index in [2.05, 4.69) is 28.7 Å². The highest BCUT2D eigenvalue weighted by Crippen LogP contribution is 2.38. The average Bonchev–Trinajstić information content (AvgIpc) is 3.09. The fourth-order valence-electron chi connectivity index (χ4n) is 3.78. The zero-order valence-corrected chi connectivity index (χ0v) is 14.9. The van der Waals surface area contributed by atoms with Crippen LogP contribution in [-0.4, -0.2) is 59.7 Å². The Hall–Kier alpha value is -1.73. The van der Waals surface area contributed by atoms with Gasteiger partial charge in [0.25, 0.3) is 0 Å². The van der Waals surface area contributed by atoms with E-state index in [1.54, 1.807) is 17.7 Å². The number of rotatable bonds is 2. The van der Waals surface area contributed by atoms with Crippen molar-refractivity contribution in [2.45, 2.75) is 26.3 Å². The van der Waals surface area contributed by atoms with E-state index in [1.165, 1.54) is 0 Å². The molecule has 4 heterocycles. The number of amides is 1. The number of hydrogen-bond donors (Lipinski definition) is 0. The van der Waals surface area contributed by atoms with Crippen LogP contribution < -0.4 is 4.90 Å². The van der Waals surface area contributed by atoms with Crippen molar-refractivity contribution < 1.29 is 9.53 Å². The smallest absolute Gasteiger partial charge is 0.223 e. The van der Waals surface area contributed by atoms with Crippen molar-refractivity contribution in [2.75, 3.05) is 37.7 Å². The zero-order valence-electron chi connectivity index (χ0n) is 14.1. The molecule has 128 valence electrons. The van der Waals surface area contributed by atoms with Gasteiger partial charge in [-0.3, -0.25) is 4.79 Å². The van der Waals surface area contributed by atoms with Crippen LogP contribution in [-0.2, 0) is 9.53 Å². The number of nitrogens with zero attached hydrogens (tertiary/aromatic N) is 4. The first-order chi connectivity index (χ1) is 11.6. The van der Waals surface area contributed by atoms with Gasteiger partial charge in [-0.2, -0.15) is 0 Å². The van der Waals surface area contributed by atoms with Gasteiger partial charge in [-0.15, -0.1) is 11.3 Å². The second-order valence-corrected chi connectivity index (χ2v) is 8.01. The molecule has 6 nitrogen and oxygen atoms in total. The van der Waals surface area contributed by atoms with Crippen LogP contribution in [0.5, 0.6) is 0 Å². The molecule has 0 saturated carbocycles. The summed E-state index contributed by atoms with van der Waals surface area (Å²) in [6, 6.07) is 2.26. The van der Waals surface area contributed by atoms with Gasteiger partial charge in [0.1, 0.15) is 12.1 Å². The number of aromatic nitrogens is 2. The lowest BCUT2D eigenvalue weighted by molar-refractivity contribution is -0.129. The molecular formula is C17H22N4O2S. The van der Waals surface area contributed by atoms with Gasteiger partial charge in [0.05, 0.1) is 23.4 Å². The van der Waals surface area contributed by atoms with Crippen molar-refractivity contribution in [1.82, 2.24) is 14.9 Å². The molecule has 24 heavy (non-hydrogen) atoms. The number of fused-ring (bicyclic) bond motifs is 1. The standard InChI is InChI=1S/C17H22N4O2S/c1-12(2)21-9-17(7-14(21)22)8-20(4-5-23-10-17)16-15-13(3-6-24-15)18-11-19-16/h3,6,11-12H,4-5,7-10H2,1-2H3. The summed E-state index contributed by atoms with van der Waals surface area (Å²) in [6.07, 6.45) is 2.18. The molecule has 0 bridgehead atoms. The van der Waals surface area contributed by atoms with Gasteiger partial charge in [-0.25, -0.2) is 9.97 Å². The van der Waals surface area contributed by atoms with E-state index in [0.717, 1.165) is 35.7 Å². The maximum absolute atomic E-state index is 12.4. The second kappa shape index (κ2) is 5.97. The van der Waals surface area contributed by atoms with Gasteiger partial charge in [0, 0.05) is 37.5 Å². The third-order valence-electron chi connectivity index (χ3n) is 4.94. The molecule has 2 saturated heterocycles. The molecule has 0 N–H and O–H groups in total. The van der Waals surface area contributed by atoms with Crippen LogP contribution in [0.15, 0.2) is 17.8 Å². The third-order valence-corrected chi connectivity index (χ3v) is 5.84. The highest BCUT2D eigenvalue weighted by molar-refractivity contribution is 7.17. The van der Waals surface area contributed by atoms with Crippen LogP contribution >= 0.6 is 11.3 Å². The van der Waals surface area contributed by atoms with Gasteiger partial charge in [-0.1, -0.05) is 0 Å². The Kier molecular flexibility index (Phi) is 3.92. The maximum atomic E-state index is 12.4. The summed E-state index contributed by atoms with van der Waals surface area (Å²) in [6.45, 7) is 7.80. The largest absolute Gasteiger partial charge is 0.379 e. The van der Waals surface area contributed by atoms with Crippen molar-refractivity contribution >= 4 is 33.3 Å². The monoisotopic (exact) mass is 346 g/mol. The van der Waals surface area contributed by atoms with E-state index >= 15 is 0 Å². The minimum absolute atomic E-state index is 0.146. The van der Waals surface area contributed by atoms with E-state index in [0.29, 0.717) is 19.6 Å². The molecule has 1 spiro atoms. The molecule has 1 amide bonds. The highest BCUT2D eigenvalue weighted by atomic mass is 32.1. The molecule has 1 atom stereocenters. The highest BCUT2D eigenvalue weighted by Gasteiger charge is 2.46. The Morgan fingerprint density at radius 2 is 2.21 bits per heavy atom. The fraction of sp³-hybridized carbons (Fsp3) is 0.588. The van der Waals surface area contributed by atoms with Crippen molar-refractivity contribution in [3.8, 4) is 0 Å². The van der Waals surface area contributed by atoms with Gasteiger partial charge in [0.2, 0.25) is 5.91 Å². The Labute approximate surface area is 145 Å². The van der Waals surface area contributed by atoms with E-state index in [-0.39, 0.29) is 17.4 Å². The third kappa shape index (κ3) is 2.65. The van der Waals surface area contributed by atoms with E-state index in [4.69, 9.17) is 4.74 Å². The first-order valence-electron chi connectivity index (χ1n) is 8.38. The zero-order chi connectivity index (χ0) is 16.7. The lowest BCUT2D eigenvalue weighted by Gasteiger charge is -2.32. The van der Waals surface area contributed by atoms with Gasteiger partial charge in [0.15, 0.2) is 0 Å². The molecule has 4 rings (SSSR count). The number of carbonyl (C=O) groups is 1. The molecule has 2 fully saturated rings. The minimum Gasteiger partial charge on any atom is -0.379 e. The summed E-state index contributed by atoms with van der Waals surface area (Å²) in [4.78, 5) is 25.6. The molecule has 1 unspecified atom stereocenters. The molecule has 2 aromatic rings. The summed E-state index contributed by atoms with van der Waals surface area (Å²) >= 11 is 1.67. The summed E-state index contributed by atoms with van der Waals surface area (Å²) in [5.41, 5.74) is 0.836. The summed E-state index contributed by atoms with van der Waals surface area (Å²) < 4.78 is 7.00. The van der Waals surface area contributed by atoms with Gasteiger partial charge < -0.3 is 14.5 Å². The van der Waals surface area contributed by atoms with E-state index in [1.807, 2.05) is 16.3 Å². The van der Waals surface area contributed by atoms with Crippen molar-refractivity contribution in [3.05, 3.63) is 17.8 Å². The van der Waals surface area contributed by atoms with Gasteiger partial charge >= 0.3 is 0 Å². The Balaban J connectivity index is 1.66. The van der Waals surface area contributed by atoms with E-state index < -0.39 is 0 Å². The normalized spacial score (nSPS) is 25.2. The number of ether oxygens (including phenoxy) is 1. The molecule has 2 aliphatic heterocycles. The predicted molar refractivity (Wildman–Crippen MR) is 94.3 cm³/mol. The van der Waals surface area contributed by atoms with Gasteiger partial charge in [-0.05, 0) is 25.3 Å². The van der Waals surface area contributed by atoms with Crippen LogP contribution in [0.4, 0.5) is 5.82 Å². The lowest BCUT2D eigenvalue weighted by atomic mass is 9.87. The first kappa shape index (κ1) is 15.8. The molecule has 0 aliphatic carbocycles. The summed E-state index contributed by atoms with van der Waals surface area (Å²) in [5, 5.41) is 2.05. The second-order valence-electron chi connectivity index (χ2n) is 7.10. The molecule has 2 aliphatic rings. The molecule has 0 radical (unpaired) electrons. The average molecular weight is 346 g/mol. The summed E-state index contributed by atoms with van der Waals surface area (Å²) in [5.74, 6) is 1.20. The number of hydrogen-bond acceptors (Lipinski definition) is 6. The fourth-order valence-corrected chi connectivity index (χ4v) is 4.64. The van der Waals surface area contributed by atoms with E-state index in [9.17, 15) is 4.79 Å². The number of thiophene rings is 1. The van der Waals surface area contributed by atoms with Crippen LogP contribution in [0.3, 0.4) is 0 Å². The minimum atomic E-state index is -0.146.